The number of fused-ring (bicyclic) bond motifs is 5. The minimum atomic E-state index is -0.863. The summed E-state index contributed by atoms with van der Waals surface area (Å²) in [5.41, 5.74) is 4.19. The average molecular weight is 759 g/mol. The lowest BCUT2D eigenvalue weighted by molar-refractivity contribution is -0.0906. The summed E-state index contributed by atoms with van der Waals surface area (Å²) in [4.78, 5) is 41.9. The number of rotatable bonds is 6. The van der Waals surface area contributed by atoms with Crippen LogP contribution in [0.5, 0.6) is 6.01 Å². The summed E-state index contributed by atoms with van der Waals surface area (Å²) in [5, 5.41) is 7.60. The van der Waals surface area contributed by atoms with Crippen molar-refractivity contribution in [1.82, 2.24) is 29.5 Å². The van der Waals surface area contributed by atoms with Gasteiger partial charge in [0.15, 0.2) is 5.69 Å². The Morgan fingerprint density at radius 2 is 1.87 bits per heavy atom. The van der Waals surface area contributed by atoms with Gasteiger partial charge in [0.1, 0.15) is 24.2 Å². The Morgan fingerprint density at radius 3 is 2.65 bits per heavy atom. The van der Waals surface area contributed by atoms with Crippen LogP contribution in [0.4, 0.5) is 20.7 Å². The largest absolute Gasteiger partial charge is 0.461 e. The summed E-state index contributed by atoms with van der Waals surface area (Å²) in [6, 6.07) is 8.23. The van der Waals surface area contributed by atoms with Crippen molar-refractivity contribution in [2.75, 3.05) is 50.6 Å². The van der Waals surface area contributed by atoms with Crippen molar-refractivity contribution in [3.8, 4) is 6.01 Å². The van der Waals surface area contributed by atoms with E-state index in [1.54, 1.807) is 19.0 Å². The zero-order chi connectivity index (χ0) is 38.9. The maximum atomic E-state index is 14.7. The van der Waals surface area contributed by atoms with Crippen LogP contribution in [0, 0.1) is 0 Å². The molecule has 0 radical (unpaired) electrons. The van der Waals surface area contributed by atoms with Crippen molar-refractivity contribution in [3.05, 3.63) is 58.0 Å². The minimum absolute atomic E-state index is 0.108. The molecule has 0 bridgehead atoms. The van der Waals surface area contributed by atoms with Crippen LogP contribution < -0.4 is 15.0 Å². The van der Waals surface area contributed by atoms with Gasteiger partial charge in [0, 0.05) is 57.8 Å². The number of ether oxygens (including phenoxy) is 3. The van der Waals surface area contributed by atoms with Crippen LogP contribution in [0.1, 0.15) is 112 Å². The van der Waals surface area contributed by atoms with E-state index in [0.717, 1.165) is 67.0 Å². The summed E-state index contributed by atoms with van der Waals surface area (Å²) in [6.45, 7) is 13.9. The number of carbonyl (C=O) groups is 2. The van der Waals surface area contributed by atoms with Gasteiger partial charge in [0.2, 0.25) is 0 Å². The lowest BCUT2D eigenvalue weighted by atomic mass is 9.65. The number of aryl methyl sites for hydroxylation is 1. The average Bonchev–Trinajstić information content (AvgIpc) is 3.74. The molecule has 4 aliphatic heterocycles. The number of hydrogen-bond donors (Lipinski definition) is 1. The molecule has 0 saturated carbocycles. The van der Waals surface area contributed by atoms with Crippen molar-refractivity contribution in [1.29, 1.82) is 0 Å². The second kappa shape index (κ2) is 13.7. The molecule has 6 heterocycles. The second-order valence-corrected chi connectivity index (χ2v) is 18.1. The highest BCUT2D eigenvalue weighted by molar-refractivity contribution is 5.92. The van der Waals surface area contributed by atoms with Crippen molar-refractivity contribution in [3.63, 3.8) is 0 Å². The Labute approximate surface area is 322 Å². The van der Waals surface area contributed by atoms with E-state index < -0.39 is 23.5 Å². The molecule has 2 amide bonds. The number of aromatic nitrogens is 4. The molecule has 8 rings (SSSR count). The Balaban J connectivity index is 1.16. The van der Waals surface area contributed by atoms with Crippen molar-refractivity contribution >= 4 is 23.5 Å². The van der Waals surface area contributed by atoms with Gasteiger partial charge in [-0.25, -0.2) is 9.18 Å². The van der Waals surface area contributed by atoms with Gasteiger partial charge < -0.3 is 24.0 Å². The standard InChI is InChI=1S/C41H55FN8O5/c1-38(2,3)55-37(52)43-27-10-11-30-31(18-27)41(14-13-39(30,4)5)21-33-29(24-54-41)34(45-36(44-33)53-25-40-12-8-16-49(40)22-26(42)20-40)48-15-9-17-50-28(23-48)19-32(46-50)35(51)47(6)7/h10-11,18-19,26H,8-9,12-17,20-25H2,1-7H3,(H,43,52)/t26?,40-,41?/m0/s1. The Morgan fingerprint density at radius 1 is 1.05 bits per heavy atom. The summed E-state index contributed by atoms with van der Waals surface area (Å²) in [6.07, 6.45) is 3.95. The highest BCUT2D eigenvalue weighted by Crippen LogP contribution is 2.52. The van der Waals surface area contributed by atoms with Crippen LogP contribution in [0.2, 0.25) is 0 Å². The summed E-state index contributed by atoms with van der Waals surface area (Å²) >= 11 is 0. The molecule has 5 aliphatic rings. The zero-order valence-corrected chi connectivity index (χ0v) is 33.3. The van der Waals surface area contributed by atoms with E-state index in [2.05, 4.69) is 40.1 Å². The molecular formula is C41H55FN8O5. The molecular weight excluding hydrogens is 704 g/mol. The first-order valence-corrected chi connectivity index (χ1v) is 19.8. The first kappa shape index (κ1) is 37.6. The first-order valence-electron chi connectivity index (χ1n) is 19.8. The number of amides is 2. The number of nitrogens with one attached hydrogen (secondary N) is 1. The van der Waals surface area contributed by atoms with Crippen LogP contribution in [-0.4, -0.2) is 99.2 Å². The second-order valence-electron chi connectivity index (χ2n) is 18.1. The number of anilines is 2. The number of benzene rings is 1. The minimum Gasteiger partial charge on any atom is -0.461 e. The van der Waals surface area contributed by atoms with Gasteiger partial charge in [-0.05, 0) is 94.2 Å². The predicted molar refractivity (Wildman–Crippen MR) is 205 cm³/mol. The van der Waals surface area contributed by atoms with Gasteiger partial charge in [-0.1, -0.05) is 19.9 Å². The Hall–Kier alpha value is -4.30. The molecule has 2 unspecified atom stereocenters. The predicted octanol–water partition coefficient (Wildman–Crippen LogP) is 6.13. The molecule has 2 saturated heterocycles. The fourth-order valence-corrected chi connectivity index (χ4v) is 9.40. The SMILES string of the molecule is CN(C)C(=O)c1cc2n(n1)CCCN(c1nc(OC[C@@]34CCCN3CC(F)C4)nc3c1COC1(CCC(C)(C)c4ccc(NC(=O)OC(C)(C)C)cc41)C3)C2. The fourth-order valence-electron chi connectivity index (χ4n) is 9.40. The van der Waals surface area contributed by atoms with E-state index in [0.29, 0.717) is 57.0 Å². The van der Waals surface area contributed by atoms with Crippen molar-refractivity contribution < 1.29 is 28.2 Å². The van der Waals surface area contributed by atoms with Crippen LogP contribution in [0.15, 0.2) is 24.3 Å². The van der Waals surface area contributed by atoms with E-state index in [1.165, 1.54) is 5.56 Å². The quantitative estimate of drug-likeness (QED) is 0.314. The Kier molecular flexibility index (Phi) is 9.38. The molecule has 13 nitrogen and oxygen atoms in total. The number of carbonyl (C=O) groups excluding carboxylic acids is 2. The van der Waals surface area contributed by atoms with Crippen molar-refractivity contribution in [2.45, 2.75) is 128 Å². The van der Waals surface area contributed by atoms with Crippen LogP contribution in [-0.2, 0) is 46.6 Å². The molecule has 14 heteroatoms. The molecule has 1 N–H and O–H groups in total. The number of halogens is 1. The molecule has 3 atom stereocenters. The van der Waals surface area contributed by atoms with Crippen LogP contribution in [0.3, 0.4) is 0 Å². The molecule has 2 aromatic heterocycles. The van der Waals surface area contributed by atoms with Gasteiger partial charge in [0.25, 0.3) is 5.91 Å². The normalized spacial score (nSPS) is 25.7. The molecule has 3 aromatic rings. The highest BCUT2D eigenvalue weighted by atomic mass is 19.1. The smallest absolute Gasteiger partial charge is 0.412 e. The molecule has 2 fully saturated rings. The van der Waals surface area contributed by atoms with E-state index in [4.69, 9.17) is 24.2 Å². The van der Waals surface area contributed by atoms with Crippen molar-refractivity contribution in [2.24, 2.45) is 0 Å². The third-order valence-corrected chi connectivity index (χ3v) is 12.2. The van der Waals surface area contributed by atoms with Gasteiger partial charge in [-0.2, -0.15) is 15.1 Å². The maximum absolute atomic E-state index is 14.7. The van der Waals surface area contributed by atoms with Gasteiger partial charge in [0.05, 0.1) is 35.7 Å². The Bertz CT molecular complexity index is 1990. The van der Waals surface area contributed by atoms with Gasteiger partial charge in [-0.15, -0.1) is 0 Å². The third kappa shape index (κ3) is 7.16. The van der Waals surface area contributed by atoms with E-state index in [-0.39, 0.29) is 29.5 Å². The molecule has 1 aromatic carbocycles. The fraction of sp³-hybridized carbons (Fsp3) is 0.634. The summed E-state index contributed by atoms with van der Waals surface area (Å²) in [5.74, 6) is 0.612. The number of alkyl halides is 1. The monoisotopic (exact) mass is 758 g/mol. The highest BCUT2D eigenvalue weighted by Gasteiger charge is 2.50. The topological polar surface area (TPSA) is 127 Å². The first-order chi connectivity index (χ1) is 26.0. The van der Waals surface area contributed by atoms with Gasteiger partial charge in [-0.3, -0.25) is 19.7 Å². The molecule has 55 heavy (non-hydrogen) atoms. The lowest BCUT2D eigenvalue weighted by Crippen LogP contribution is -2.45. The third-order valence-electron chi connectivity index (χ3n) is 12.2. The van der Waals surface area contributed by atoms with E-state index >= 15 is 0 Å². The zero-order valence-electron chi connectivity index (χ0n) is 33.3. The molecule has 1 aliphatic carbocycles. The summed E-state index contributed by atoms with van der Waals surface area (Å²) < 4.78 is 35.8. The molecule has 1 spiro atoms. The summed E-state index contributed by atoms with van der Waals surface area (Å²) in [7, 11) is 3.46. The van der Waals surface area contributed by atoms with Crippen LogP contribution >= 0.6 is 0 Å². The maximum Gasteiger partial charge on any atom is 0.412 e. The van der Waals surface area contributed by atoms with E-state index in [9.17, 15) is 14.0 Å². The number of nitrogens with zero attached hydrogens (tertiary/aromatic N) is 7. The molecule has 296 valence electrons. The lowest BCUT2D eigenvalue weighted by Gasteiger charge is -2.47. The van der Waals surface area contributed by atoms with E-state index in [1.807, 2.05) is 43.7 Å². The van der Waals surface area contributed by atoms with Gasteiger partial charge >= 0.3 is 12.1 Å². The number of hydrogen-bond acceptors (Lipinski definition) is 10. The van der Waals surface area contributed by atoms with Crippen LogP contribution in [0.25, 0.3) is 0 Å².